The van der Waals surface area contributed by atoms with Gasteiger partial charge in [0.15, 0.2) is 5.96 Å². The van der Waals surface area contributed by atoms with Crippen molar-refractivity contribution in [2.75, 3.05) is 39.4 Å². The van der Waals surface area contributed by atoms with Crippen LogP contribution in [-0.4, -0.2) is 56.9 Å². The van der Waals surface area contributed by atoms with Crippen LogP contribution in [0.3, 0.4) is 0 Å². The van der Waals surface area contributed by atoms with Gasteiger partial charge in [-0.2, -0.15) is 8.78 Å². The van der Waals surface area contributed by atoms with Crippen molar-refractivity contribution >= 4 is 5.96 Å². The molecule has 0 amide bonds. The molecular weight excluding hydrogens is 337 g/mol. The van der Waals surface area contributed by atoms with Crippen molar-refractivity contribution in [2.24, 2.45) is 10.7 Å². The van der Waals surface area contributed by atoms with Crippen LogP contribution in [0.5, 0.6) is 5.75 Å². The van der Waals surface area contributed by atoms with Crippen molar-refractivity contribution in [3.8, 4) is 5.75 Å². The van der Waals surface area contributed by atoms with E-state index < -0.39 is 12.4 Å². The van der Waals surface area contributed by atoms with Crippen LogP contribution < -0.4 is 15.8 Å². The maximum Gasteiger partial charge on any atom is 0.387 e. The quantitative estimate of drug-likeness (QED) is 0.418. The van der Waals surface area contributed by atoms with Crippen molar-refractivity contribution < 1.29 is 22.6 Å². The van der Waals surface area contributed by atoms with Gasteiger partial charge < -0.3 is 20.5 Å². The topological polar surface area (TPSA) is 72.1 Å². The number of rotatable bonds is 8. The molecule has 0 radical (unpaired) electrons. The van der Waals surface area contributed by atoms with Gasteiger partial charge in [-0.05, 0) is 25.1 Å². The molecule has 0 bridgehead atoms. The second-order valence-corrected chi connectivity index (χ2v) is 5.53. The standard InChI is InChI=1S/C16H23F3N4O2/c17-13-3-1-4-14(25-15(18)19)12(13)11-22-16(20)21-5-2-6-23-7-9-24-10-8-23/h1,3-4,15H,2,5-11H2,(H3,20,21,22). The van der Waals surface area contributed by atoms with Crippen molar-refractivity contribution in [1.82, 2.24) is 10.2 Å². The fourth-order valence-corrected chi connectivity index (χ4v) is 2.46. The van der Waals surface area contributed by atoms with E-state index in [0.29, 0.717) is 6.54 Å². The molecule has 0 unspecified atom stereocenters. The maximum atomic E-state index is 13.8. The summed E-state index contributed by atoms with van der Waals surface area (Å²) in [6.45, 7) is 1.67. The number of halogens is 3. The Hall–Kier alpha value is -2.00. The number of hydrogen-bond donors (Lipinski definition) is 2. The second-order valence-electron chi connectivity index (χ2n) is 5.53. The fraction of sp³-hybridized carbons (Fsp3) is 0.562. The zero-order valence-corrected chi connectivity index (χ0v) is 13.9. The van der Waals surface area contributed by atoms with Gasteiger partial charge in [-0.3, -0.25) is 4.90 Å². The predicted molar refractivity (Wildman–Crippen MR) is 88.2 cm³/mol. The van der Waals surface area contributed by atoms with Gasteiger partial charge in [-0.1, -0.05) is 6.07 Å². The number of guanidine groups is 1. The lowest BCUT2D eigenvalue weighted by molar-refractivity contribution is -0.0506. The third-order valence-electron chi connectivity index (χ3n) is 3.76. The minimum Gasteiger partial charge on any atom is -0.434 e. The SMILES string of the molecule is NC(=NCc1c(F)cccc1OC(F)F)NCCCN1CCOCC1. The van der Waals surface area contributed by atoms with E-state index in [2.05, 4.69) is 19.9 Å². The molecule has 1 aromatic carbocycles. The number of morpholine rings is 1. The van der Waals surface area contributed by atoms with E-state index in [1.165, 1.54) is 12.1 Å². The third-order valence-corrected chi connectivity index (χ3v) is 3.76. The molecule has 1 aliphatic rings. The number of nitrogens with two attached hydrogens (primary N) is 1. The summed E-state index contributed by atoms with van der Waals surface area (Å²) in [6, 6.07) is 3.73. The number of nitrogens with zero attached hydrogens (tertiary/aromatic N) is 2. The van der Waals surface area contributed by atoms with E-state index in [-0.39, 0.29) is 23.8 Å². The van der Waals surface area contributed by atoms with Crippen molar-refractivity contribution in [3.63, 3.8) is 0 Å². The molecule has 25 heavy (non-hydrogen) atoms. The minimum atomic E-state index is -3.03. The Kier molecular flexibility index (Phi) is 7.80. The Morgan fingerprint density at radius 2 is 2.12 bits per heavy atom. The molecule has 1 aromatic rings. The van der Waals surface area contributed by atoms with Gasteiger partial charge in [0.05, 0.1) is 25.3 Å². The number of nitrogens with one attached hydrogen (secondary N) is 1. The minimum absolute atomic E-state index is 0.0548. The van der Waals surface area contributed by atoms with Crippen LogP contribution in [0.4, 0.5) is 13.2 Å². The first-order valence-corrected chi connectivity index (χ1v) is 8.12. The van der Waals surface area contributed by atoms with Gasteiger partial charge in [0, 0.05) is 19.6 Å². The molecule has 3 N–H and O–H groups in total. The fourth-order valence-electron chi connectivity index (χ4n) is 2.46. The summed E-state index contributed by atoms with van der Waals surface area (Å²) in [5.41, 5.74) is 5.68. The molecule has 1 heterocycles. The summed E-state index contributed by atoms with van der Waals surface area (Å²) in [5, 5.41) is 2.93. The van der Waals surface area contributed by atoms with Crippen molar-refractivity contribution in [2.45, 2.75) is 19.6 Å². The Balaban J connectivity index is 1.78. The van der Waals surface area contributed by atoms with Crippen LogP contribution >= 0.6 is 0 Å². The molecule has 1 saturated heterocycles. The molecule has 0 saturated carbocycles. The van der Waals surface area contributed by atoms with Crippen LogP contribution in [0.25, 0.3) is 0 Å². The highest BCUT2D eigenvalue weighted by Gasteiger charge is 2.13. The number of ether oxygens (including phenoxy) is 2. The molecular formula is C16H23F3N4O2. The summed E-state index contributed by atoms with van der Waals surface area (Å²) in [4.78, 5) is 6.29. The van der Waals surface area contributed by atoms with Gasteiger partial charge in [0.1, 0.15) is 11.6 Å². The lowest BCUT2D eigenvalue weighted by Gasteiger charge is -2.26. The molecule has 1 fully saturated rings. The molecule has 9 heteroatoms. The average Bonchev–Trinajstić information content (AvgIpc) is 2.59. The molecule has 0 spiro atoms. The maximum absolute atomic E-state index is 13.8. The summed E-state index contributed by atoms with van der Waals surface area (Å²) in [7, 11) is 0. The highest BCUT2D eigenvalue weighted by Crippen LogP contribution is 2.24. The zero-order chi connectivity index (χ0) is 18.1. The Morgan fingerprint density at radius 1 is 1.36 bits per heavy atom. The van der Waals surface area contributed by atoms with Crippen molar-refractivity contribution in [1.29, 1.82) is 0 Å². The zero-order valence-electron chi connectivity index (χ0n) is 13.9. The van der Waals surface area contributed by atoms with Crippen LogP contribution in [0, 0.1) is 5.82 Å². The molecule has 2 rings (SSSR count). The summed E-state index contributed by atoms with van der Waals surface area (Å²) < 4.78 is 48.1. The molecule has 0 atom stereocenters. The second kappa shape index (κ2) is 10.1. The largest absolute Gasteiger partial charge is 0.434 e. The number of hydrogen-bond acceptors (Lipinski definition) is 4. The number of aliphatic imine (C=N–C) groups is 1. The van der Waals surface area contributed by atoms with E-state index >= 15 is 0 Å². The first kappa shape index (κ1) is 19.3. The number of alkyl halides is 2. The Morgan fingerprint density at radius 3 is 2.84 bits per heavy atom. The molecule has 1 aliphatic heterocycles. The van der Waals surface area contributed by atoms with Crippen molar-refractivity contribution in [3.05, 3.63) is 29.6 Å². The van der Waals surface area contributed by atoms with Gasteiger partial charge in [-0.25, -0.2) is 9.38 Å². The summed E-state index contributed by atoms with van der Waals surface area (Å²) in [6.07, 6.45) is 0.871. The van der Waals surface area contributed by atoms with Gasteiger partial charge in [0.2, 0.25) is 0 Å². The van der Waals surface area contributed by atoms with Gasteiger partial charge in [0.25, 0.3) is 0 Å². The predicted octanol–water partition coefficient (Wildman–Crippen LogP) is 1.55. The molecule has 140 valence electrons. The van der Waals surface area contributed by atoms with Crippen LogP contribution in [0.2, 0.25) is 0 Å². The van der Waals surface area contributed by atoms with E-state index in [1.807, 2.05) is 0 Å². The van der Waals surface area contributed by atoms with Crippen LogP contribution in [0.15, 0.2) is 23.2 Å². The lowest BCUT2D eigenvalue weighted by Crippen LogP contribution is -2.39. The summed E-state index contributed by atoms with van der Waals surface area (Å²) >= 11 is 0. The first-order valence-electron chi connectivity index (χ1n) is 8.12. The third kappa shape index (κ3) is 6.79. The average molecular weight is 360 g/mol. The van der Waals surface area contributed by atoms with E-state index in [9.17, 15) is 13.2 Å². The molecule has 6 nitrogen and oxygen atoms in total. The Bertz CT molecular complexity index is 566. The normalized spacial score (nSPS) is 16.2. The lowest BCUT2D eigenvalue weighted by atomic mass is 10.2. The van der Waals surface area contributed by atoms with Crippen LogP contribution in [-0.2, 0) is 11.3 Å². The Labute approximate surface area is 144 Å². The smallest absolute Gasteiger partial charge is 0.387 e. The monoisotopic (exact) mass is 360 g/mol. The summed E-state index contributed by atoms with van der Waals surface area (Å²) in [5.74, 6) is -0.769. The van der Waals surface area contributed by atoms with E-state index in [0.717, 1.165) is 45.3 Å². The molecule has 0 aromatic heterocycles. The molecule has 0 aliphatic carbocycles. The van der Waals surface area contributed by atoms with E-state index in [1.54, 1.807) is 0 Å². The van der Waals surface area contributed by atoms with E-state index in [4.69, 9.17) is 10.5 Å². The van der Waals surface area contributed by atoms with Gasteiger partial charge >= 0.3 is 6.61 Å². The number of benzene rings is 1. The van der Waals surface area contributed by atoms with Crippen LogP contribution in [0.1, 0.15) is 12.0 Å². The highest BCUT2D eigenvalue weighted by molar-refractivity contribution is 5.77. The first-order chi connectivity index (χ1) is 12.1. The van der Waals surface area contributed by atoms with Gasteiger partial charge in [-0.15, -0.1) is 0 Å². The highest BCUT2D eigenvalue weighted by atomic mass is 19.3.